The van der Waals surface area contributed by atoms with Crippen molar-refractivity contribution in [3.05, 3.63) is 23.4 Å². The number of hydrogen-bond acceptors (Lipinski definition) is 5. The minimum Gasteiger partial charge on any atom is -0.472 e. The second-order valence-electron chi connectivity index (χ2n) is 8.74. The molecule has 8 nitrogen and oxygen atoms in total. The summed E-state index contributed by atoms with van der Waals surface area (Å²) in [5.74, 6) is 6.20. The summed E-state index contributed by atoms with van der Waals surface area (Å²) in [7, 11) is 1.72. The van der Waals surface area contributed by atoms with Crippen LogP contribution in [0.4, 0.5) is 4.79 Å². The molecular formula is C24H36N4O4. The van der Waals surface area contributed by atoms with Crippen LogP contribution in [0, 0.1) is 23.7 Å². The lowest BCUT2D eigenvalue weighted by molar-refractivity contribution is 0.0352. The van der Waals surface area contributed by atoms with E-state index < -0.39 is 0 Å². The first-order valence-corrected chi connectivity index (χ1v) is 11.3. The van der Waals surface area contributed by atoms with Gasteiger partial charge in [-0.05, 0) is 19.4 Å². The van der Waals surface area contributed by atoms with Gasteiger partial charge in [-0.3, -0.25) is 4.79 Å². The summed E-state index contributed by atoms with van der Waals surface area (Å²) >= 11 is 0. The highest BCUT2D eigenvalue weighted by Crippen LogP contribution is 2.27. The Labute approximate surface area is 191 Å². The van der Waals surface area contributed by atoms with E-state index in [1.807, 2.05) is 34.6 Å². The first-order chi connectivity index (χ1) is 15.2. The number of nitrogens with one attached hydrogen (secondary N) is 1. The molecule has 1 aliphatic rings. The van der Waals surface area contributed by atoms with Crippen LogP contribution in [0.15, 0.2) is 12.3 Å². The molecule has 2 rings (SSSR count). The van der Waals surface area contributed by atoms with Crippen LogP contribution < -0.4 is 10.1 Å². The fourth-order valence-electron chi connectivity index (χ4n) is 3.34. The van der Waals surface area contributed by atoms with Crippen LogP contribution in [0.5, 0.6) is 5.88 Å². The second-order valence-corrected chi connectivity index (χ2v) is 8.74. The summed E-state index contributed by atoms with van der Waals surface area (Å²) < 4.78 is 6.20. The maximum Gasteiger partial charge on any atom is 0.317 e. The van der Waals surface area contributed by atoms with Crippen molar-refractivity contribution >= 4 is 11.9 Å². The van der Waals surface area contributed by atoms with Crippen molar-refractivity contribution in [3.8, 4) is 17.7 Å². The van der Waals surface area contributed by atoms with Gasteiger partial charge in [-0.2, -0.15) is 0 Å². The number of aliphatic hydroxyl groups is 1. The summed E-state index contributed by atoms with van der Waals surface area (Å²) in [5, 5.41) is 12.6. The number of pyridine rings is 1. The molecule has 0 aliphatic carbocycles. The van der Waals surface area contributed by atoms with E-state index in [4.69, 9.17) is 4.74 Å². The van der Waals surface area contributed by atoms with Gasteiger partial charge in [0.1, 0.15) is 11.7 Å². The number of aromatic nitrogens is 1. The third kappa shape index (κ3) is 6.60. The number of carbonyl (C=O) groups excluding carboxylic acids is 2. The Balaban J connectivity index is 2.40. The maximum atomic E-state index is 13.4. The smallest absolute Gasteiger partial charge is 0.317 e. The van der Waals surface area contributed by atoms with Crippen molar-refractivity contribution in [1.82, 2.24) is 20.1 Å². The Bertz CT molecular complexity index is 861. The molecule has 1 aliphatic heterocycles. The minimum atomic E-state index is -0.382. The molecular weight excluding hydrogens is 408 g/mol. The number of carbonyl (C=O) groups is 2. The van der Waals surface area contributed by atoms with E-state index in [1.165, 1.54) is 0 Å². The summed E-state index contributed by atoms with van der Waals surface area (Å²) in [6.07, 6.45) is 2.07. The molecule has 1 aromatic heterocycles. The number of fused-ring (bicyclic) bond motifs is 1. The van der Waals surface area contributed by atoms with Gasteiger partial charge in [0.15, 0.2) is 0 Å². The number of ether oxygens (including phenoxy) is 1. The van der Waals surface area contributed by atoms with Crippen molar-refractivity contribution in [2.45, 2.75) is 53.2 Å². The first-order valence-electron chi connectivity index (χ1n) is 11.3. The van der Waals surface area contributed by atoms with E-state index >= 15 is 0 Å². The van der Waals surface area contributed by atoms with E-state index in [2.05, 4.69) is 22.1 Å². The van der Waals surface area contributed by atoms with Crippen molar-refractivity contribution in [3.63, 3.8) is 0 Å². The van der Waals surface area contributed by atoms with Crippen LogP contribution in [0.25, 0.3) is 0 Å². The molecule has 0 spiro atoms. The zero-order valence-electron chi connectivity index (χ0n) is 20.0. The van der Waals surface area contributed by atoms with Gasteiger partial charge < -0.3 is 25.0 Å². The molecule has 32 heavy (non-hydrogen) atoms. The Kier molecular flexibility index (Phi) is 9.33. The highest BCUT2D eigenvalue weighted by molar-refractivity contribution is 5.97. The molecule has 3 atom stereocenters. The largest absolute Gasteiger partial charge is 0.472 e. The monoisotopic (exact) mass is 444 g/mol. The fourth-order valence-corrected chi connectivity index (χ4v) is 3.34. The molecule has 0 saturated carbocycles. The Morgan fingerprint density at radius 1 is 1.44 bits per heavy atom. The van der Waals surface area contributed by atoms with Gasteiger partial charge in [0.05, 0.1) is 19.2 Å². The normalized spacial score (nSPS) is 19.1. The summed E-state index contributed by atoms with van der Waals surface area (Å²) in [4.78, 5) is 33.3. The van der Waals surface area contributed by atoms with Gasteiger partial charge in [-0.25, -0.2) is 9.78 Å². The van der Waals surface area contributed by atoms with Crippen molar-refractivity contribution in [2.24, 2.45) is 11.8 Å². The molecule has 2 heterocycles. The third-order valence-corrected chi connectivity index (χ3v) is 5.35. The lowest BCUT2D eigenvalue weighted by Crippen LogP contribution is -2.51. The van der Waals surface area contributed by atoms with E-state index in [1.54, 1.807) is 29.1 Å². The zero-order chi connectivity index (χ0) is 23.8. The van der Waals surface area contributed by atoms with Gasteiger partial charge in [0.25, 0.3) is 5.91 Å². The Hall–Kier alpha value is -2.79. The second kappa shape index (κ2) is 11.7. The lowest BCUT2D eigenvalue weighted by Gasteiger charge is -2.37. The molecule has 0 unspecified atom stereocenters. The SMILES string of the molecule is CCCNC(=O)N(C)C[C@H]1Oc2ncc(C#CC(C)C)cc2C(=O)N([C@@H](C)CO)C[C@@H]1C. The molecule has 0 saturated heterocycles. The Morgan fingerprint density at radius 3 is 2.78 bits per heavy atom. The molecule has 0 aromatic carbocycles. The van der Waals surface area contributed by atoms with Crippen LogP contribution in [-0.2, 0) is 0 Å². The molecule has 0 radical (unpaired) electrons. The van der Waals surface area contributed by atoms with Crippen LogP contribution in [0.1, 0.15) is 57.0 Å². The number of nitrogens with zero attached hydrogens (tertiary/aromatic N) is 3. The summed E-state index contributed by atoms with van der Waals surface area (Å²) in [6.45, 7) is 10.9. The standard InChI is InChI=1S/C24H36N4O4/c1-7-10-25-24(31)27(6)14-21-17(4)13-28(18(5)15-29)23(30)20-11-19(9-8-16(2)3)12-26-22(20)32-21/h11-12,16-18,21,29H,7,10,13-15H2,1-6H3,(H,25,31)/t17-,18-,21+/m0/s1. The predicted molar refractivity (Wildman–Crippen MR) is 123 cm³/mol. The van der Waals surface area contributed by atoms with Crippen LogP contribution in [-0.4, -0.2) is 77.3 Å². The lowest BCUT2D eigenvalue weighted by atomic mass is 10.00. The molecule has 8 heteroatoms. The summed E-state index contributed by atoms with van der Waals surface area (Å²) in [6, 6.07) is 1.16. The number of hydrogen-bond donors (Lipinski definition) is 2. The van der Waals surface area contributed by atoms with E-state index in [0.717, 1.165) is 6.42 Å². The number of aliphatic hydroxyl groups excluding tert-OH is 1. The topological polar surface area (TPSA) is 95.0 Å². The highest BCUT2D eigenvalue weighted by atomic mass is 16.5. The van der Waals surface area contributed by atoms with Gasteiger partial charge >= 0.3 is 6.03 Å². The highest BCUT2D eigenvalue weighted by Gasteiger charge is 2.34. The van der Waals surface area contributed by atoms with Crippen molar-refractivity contribution in [2.75, 3.05) is 33.3 Å². The van der Waals surface area contributed by atoms with Crippen molar-refractivity contribution in [1.29, 1.82) is 0 Å². The molecule has 3 amide bonds. The predicted octanol–water partition coefficient (Wildman–Crippen LogP) is 2.36. The van der Waals surface area contributed by atoms with E-state index in [0.29, 0.717) is 30.8 Å². The van der Waals surface area contributed by atoms with Gasteiger partial charge in [-0.15, -0.1) is 0 Å². The van der Waals surface area contributed by atoms with E-state index in [-0.39, 0.29) is 48.4 Å². The molecule has 176 valence electrons. The molecule has 0 fully saturated rings. The van der Waals surface area contributed by atoms with E-state index in [9.17, 15) is 14.7 Å². The first kappa shape index (κ1) is 25.5. The average Bonchev–Trinajstić information content (AvgIpc) is 2.77. The maximum absolute atomic E-state index is 13.4. The molecule has 0 bridgehead atoms. The van der Waals surface area contributed by atoms with Crippen LogP contribution in [0.3, 0.4) is 0 Å². The molecule has 1 aromatic rings. The minimum absolute atomic E-state index is 0.0928. The van der Waals surface area contributed by atoms with Gasteiger partial charge in [-0.1, -0.05) is 39.5 Å². The number of urea groups is 1. The average molecular weight is 445 g/mol. The number of amides is 3. The quantitative estimate of drug-likeness (QED) is 0.657. The summed E-state index contributed by atoms with van der Waals surface area (Å²) in [5.41, 5.74) is 0.947. The number of rotatable bonds is 6. The fraction of sp³-hybridized carbons (Fsp3) is 0.625. The van der Waals surface area contributed by atoms with Gasteiger partial charge in [0.2, 0.25) is 5.88 Å². The molecule has 2 N–H and O–H groups in total. The Morgan fingerprint density at radius 2 is 2.16 bits per heavy atom. The third-order valence-electron chi connectivity index (χ3n) is 5.35. The van der Waals surface area contributed by atoms with Crippen LogP contribution >= 0.6 is 0 Å². The van der Waals surface area contributed by atoms with Crippen molar-refractivity contribution < 1.29 is 19.4 Å². The number of likely N-dealkylation sites (N-methyl/N-ethyl adjacent to an activating group) is 1. The van der Waals surface area contributed by atoms with Gasteiger partial charge in [0, 0.05) is 43.7 Å². The zero-order valence-corrected chi connectivity index (χ0v) is 20.0. The van der Waals surface area contributed by atoms with Crippen LogP contribution in [0.2, 0.25) is 0 Å².